The van der Waals surface area contributed by atoms with Crippen LogP contribution in [0.5, 0.6) is 0 Å². The van der Waals surface area contributed by atoms with Crippen molar-refractivity contribution in [2.24, 2.45) is 34.0 Å². The van der Waals surface area contributed by atoms with Gasteiger partial charge in [-0.1, -0.05) is 20.8 Å². The number of esters is 2. The molecule has 1 aromatic heterocycles. The zero-order valence-corrected chi connectivity index (χ0v) is 21.2. The van der Waals surface area contributed by atoms with E-state index in [1.54, 1.807) is 19.9 Å². The molecule has 2 aliphatic heterocycles. The molecular formula is C27H32O10. The van der Waals surface area contributed by atoms with Crippen molar-refractivity contribution < 1.29 is 48.3 Å². The van der Waals surface area contributed by atoms with E-state index in [0.717, 1.165) is 7.11 Å². The maximum atomic E-state index is 14.2. The molecule has 6 aliphatic rings. The molecule has 3 unspecified atom stereocenters. The minimum atomic E-state index is -1.79. The third kappa shape index (κ3) is 2.08. The van der Waals surface area contributed by atoms with Gasteiger partial charge >= 0.3 is 11.9 Å². The molecule has 10 nitrogen and oxygen atoms in total. The zero-order valence-electron chi connectivity index (χ0n) is 21.2. The Kier molecular flexibility index (Phi) is 4.17. The molecule has 1 aromatic rings. The Morgan fingerprint density at radius 2 is 1.95 bits per heavy atom. The second kappa shape index (κ2) is 6.47. The number of hydrogen-bond acceptors (Lipinski definition) is 10. The Morgan fingerprint density at radius 1 is 1.22 bits per heavy atom. The minimum absolute atomic E-state index is 0.0280. The van der Waals surface area contributed by atoms with E-state index in [4.69, 9.17) is 18.6 Å². The Bertz CT molecular complexity index is 1240. The summed E-state index contributed by atoms with van der Waals surface area (Å²) in [5.74, 6) is -4.55. The Balaban J connectivity index is 1.49. The fourth-order valence-electron chi connectivity index (χ4n) is 10.7. The number of aliphatic hydroxyl groups excluding tert-OH is 1. The number of Topliss-reactive ketones (excluding diaryl/α,β-unsaturated/α-hetero) is 1. The van der Waals surface area contributed by atoms with Crippen molar-refractivity contribution in [3.05, 3.63) is 24.2 Å². The lowest BCUT2D eigenvalue weighted by Gasteiger charge is -2.63. The van der Waals surface area contributed by atoms with Gasteiger partial charge in [-0.05, 0) is 31.2 Å². The molecule has 6 fully saturated rings. The quantitative estimate of drug-likeness (QED) is 0.497. The van der Waals surface area contributed by atoms with Gasteiger partial charge in [-0.3, -0.25) is 9.59 Å². The molecule has 1 spiro atoms. The number of cyclic esters (lactones) is 1. The van der Waals surface area contributed by atoms with Crippen molar-refractivity contribution >= 4 is 17.7 Å². The van der Waals surface area contributed by atoms with E-state index in [-0.39, 0.29) is 18.6 Å². The fraction of sp³-hybridized carbons (Fsp3) is 0.741. The average Bonchev–Trinajstić information content (AvgIpc) is 3.52. The van der Waals surface area contributed by atoms with Crippen LogP contribution in [0.15, 0.2) is 23.0 Å². The van der Waals surface area contributed by atoms with Gasteiger partial charge in [0.1, 0.15) is 23.4 Å². The first-order valence-corrected chi connectivity index (χ1v) is 12.9. The van der Waals surface area contributed by atoms with Crippen molar-refractivity contribution in [1.82, 2.24) is 0 Å². The Labute approximate surface area is 213 Å². The van der Waals surface area contributed by atoms with Gasteiger partial charge in [-0.2, -0.15) is 0 Å². The zero-order chi connectivity index (χ0) is 26.6. The highest BCUT2D eigenvalue weighted by molar-refractivity contribution is 5.94. The highest BCUT2D eigenvalue weighted by Crippen LogP contribution is 2.85. The summed E-state index contributed by atoms with van der Waals surface area (Å²) in [6.45, 7) is 5.34. The van der Waals surface area contributed by atoms with E-state index in [1.165, 1.54) is 12.5 Å². The van der Waals surface area contributed by atoms with E-state index < -0.39 is 81.1 Å². The molecule has 7 rings (SSSR count). The van der Waals surface area contributed by atoms with Crippen LogP contribution in [-0.4, -0.2) is 69.2 Å². The number of aliphatic hydroxyl groups is 3. The van der Waals surface area contributed by atoms with E-state index in [0.29, 0.717) is 18.4 Å². The molecule has 2 saturated heterocycles. The monoisotopic (exact) mass is 516 g/mol. The van der Waals surface area contributed by atoms with Crippen LogP contribution in [0.4, 0.5) is 0 Å². The van der Waals surface area contributed by atoms with Crippen LogP contribution in [-0.2, 0) is 28.6 Å². The molecular weight excluding hydrogens is 484 g/mol. The highest BCUT2D eigenvalue weighted by Gasteiger charge is 2.95. The standard InChI is InChI=1S/C27H32O10/c1-22-11-25(32)18-16(19(22)30)37-26-9-14(28)36-20(12-6-8-35-10-12)23(26,2)7-5-13(27(18,26)33)24(25,3)17(22)15(29)21(31)34-4/h6,8,10,13,15-18,20,29,32-33H,5,7,9,11H2,1-4H3/t13-,15?,16?,17+,18?,20+,22+,23-,24+,25+,26+,27-/m0/s1. The molecule has 10 heteroatoms. The smallest absolute Gasteiger partial charge is 0.335 e. The van der Waals surface area contributed by atoms with Gasteiger partial charge in [0, 0.05) is 27.7 Å². The van der Waals surface area contributed by atoms with Gasteiger partial charge in [0.25, 0.3) is 0 Å². The van der Waals surface area contributed by atoms with Crippen molar-refractivity contribution in [1.29, 1.82) is 0 Å². The van der Waals surface area contributed by atoms with Crippen LogP contribution >= 0.6 is 0 Å². The topological polar surface area (TPSA) is 153 Å². The van der Waals surface area contributed by atoms with E-state index in [1.807, 2.05) is 6.92 Å². The Hall–Kier alpha value is -2.27. The van der Waals surface area contributed by atoms with Crippen molar-refractivity contribution in [2.75, 3.05) is 7.11 Å². The summed E-state index contributed by atoms with van der Waals surface area (Å²) in [6.07, 6.45) is -0.164. The lowest BCUT2D eigenvalue weighted by atomic mass is 9.45. The van der Waals surface area contributed by atoms with Crippen molar-refractivity contribution in [3.63, 3.8) is 0 Å². The summed E-state index contributed by atoms with van der Waals surface area (Å²) in [4.78, 5) is 40.1. The molecule has 0 amide bonds. The van der Waals surface area contributed by atoms with Gasteiger partial charge in [-0.25, -0.2) is 4.79 Å². The first-order chi connectivity index (χ1) is 17.3. The summed E-state index contributed by atoms with van der Waals surface area (Å²) >= 11 is 0. The van der Waals surface area contributed by atoms with Gasteiger partial charge in [0.05, 0.1) is 37.6 Å². The number of ketones is 1. The molecule has 3 N–H and O–H groups in total. The molecule has 4 aliphatic carbocycles. The third-order valence-corrected chi connectivity index (χ3v) is 11.9. The number of hydrogen-bond donors (Lipinski definition) is 3. The van der Waals surface area contributed by atoms with E-state index in [2.05, 4.69) is 0 Å². The largest absolute Gasteiger partial charge is 0.472 e. The van der Waals surface area contributed by atoms with Crippen LogP contribution in [0.25, 0.3) is 0 Å². The lowest BCUT2D eigenvalue weighted by Crippen LogP contribution is -2.72. The molecule has 4 saturated carbocycles. The van der Waals surface area contributed by atoms with Crippen LogP contribution in [0.2, 0.25) is 0 Å². The van der Waals surface area contributed by atoms with Crippen LogP contribution in [0.3, 0.4) is 0 Å². The van der Waals surface area contributed by atoms with Gasteiger partial charge in [0.2, 0.25) is 0 Å². The number of furan rings is 1. The number of fused-ring (bicyclic) bond motifs is 2. The summed E-state index contributed by atoms with van der Waals surface area (Å²) in [5.41, 5.74) is -7.81. The number of methoxy groups -OCH3 is 1. The molecule has 0 aromatic carbocycles. The van der Waals surface area contributed by atoms with Gasteiger partial charge in [-0.15, -0.1) is 0 Å². The van der Waals surface area contributed by atoms with Gasteiger partial charge in [0.15, 0.2) is 11.9 Å². The summed E-state index contributed by atoms with van der Waals surface area (Å²) in [6, 6.07) is 1.71. The second-order valence-corrected chi connectivity index (χ2v) is 12.9. The SMILES string of the molecule is COC(=O)C(O)[C@H]1[C@@]2(C)[C@@H]3CC[C@@]4(C)[C@@H](c5ccoc5)OC(=O)C[C@@]45OC4C(=O)[C@]1(C)C[C@@]2(O)C4[C@@]35O. The molecule has 0 radical (unpaired) electrons. The number of carbonyl (C=O) groups is 3. The highest BCUT2D eigenvalue weighted by atomic mass is 16.6. The fourth-order valence-corrected chi connectivity index (χ4v) is 10.7. The van der Waals surface area contributed by atoms with Crippen LogP contribution in [0.1, 0.15) is 58.1 Å². The van der Waals surface area contributed by atoms with E-state index >= 15 is 0 Å². The lowest BCUT2D eigenvalue weighted by molar-refractivity contribution is -0.295. The first kappa shape index (κ1) is 23.8. The van der Waals surface area contributed by atoms with E-state index in [9.17, 15) is 29.7 Å². The molecule has 200 valence electrons. The maximum Gasteiger partial charge on any atom is 0.335 e. The molecule has 12 atom stereocenters. The van der Waals surface area contributed by atoms with Crippen LogP contribution in [0, 0.1) is 34.0 Å². The minimum Gasteiger partial charge on any atom is -0.472 e. The van der Waals surface area contributed by atoms with Crippen molar-refractivity contribution in [3.8, 4) is 0 Å². The van der Waals surface area contributed by atoms with Crippen LogP contribution < -0.4 is 0 Å². The summed E-state index contributed by atoms with van der Waals surface area (Å²) in [5, 5.41) is 36.8. The third-order valence-electron chi connectivity index (χ3n) is 11.9. The predicted molar refractivity (Wildman–Crippen MR) is 121 cm³/mol. The maximum absolute atomic E-state index is 14.2. The average molecular weight is 517 g/mol. The first-order valence-electron chi connectivity index (χ1n) is 12.9. The van der Waals surface area contributed by atoms with Gasteiger partial charge < -0.3 is 33.9 Å². The summed E-state index contributed by atoms with van der Waals surface area (Å²) in [7, 11) is 1.16. The second-order valence-electron chi connectivity index (χ2n) is 12.9. The predicted octanol–water partition coefficient (Wildman–Crippen LogP) is 1.06. The molecule has 37 heavy (non-hydrogen) atoms. The number of rotatable bonds is 3. The number of ether oxygens (including phenoxy) is 3. The number of carbonyl (C=O) groups excluding carboxylic acids is 3. The summed E-state index contributed by atoms with van der Waals surface area (Å²) < 4.78 is 22.7. The molecule has 3 heterocycles. The van der Waals surface area contributed by atoms with Crippen molar-refractivity contribution in [2.45, 2.75) is 81.6 Å². The Morgan fingerprint density at radius 3 is 2.59 bits per heavy atom. The normalized spacial score (nSPS) is 55.6. The molecule has 2 bridgehead atoms.